The number of hydrogen-bond acceptors (Lipinski definition) is 1. The van der Waals surface area contributed by atoms with Crippen molar-refractivity contribution in [1.29, 1.82) is 0 Å². The van der Waals surface area contributed by atoms with Gasteiger partial charge >= 0.3 is 0 Å². The van der Waals surface area contributed by atoms with E-state index in [1.807, 2.05) is 0 Å². The minimum Gasteiger partial charge on any atom is -0.325 e. The molecule has 2 fully saturated rings. The van der Waals surface area contributed by atoms with Gasteiger partial charge in [0.1, 0.15) is 0 Å². The first-order valence-electron chi connectivity index (χ1n) is 6.51. The van der Waals surface area contributed by atoms with Gasteiger partial charge in [0.15, 0.2) is 0 Å². The first-order chi connectivity index (χ1) is 7.05. The highest BCUT2D eigenvalue weighted by atomic mass is 14.9. The Balaban J connectivity index is 2.04. The average molecular weight is 207 g/mol. The van der Waals surface area contributed by atoms with Crippen molar-refractivity contribution in [3.05, 3.63) is 12.2 Å². The molecule has 2 aliphatic rings. The van der Waals surface area contributed by atoms with Crippen LogP contribution in [-0.4, -0.2) is 5.54 Å². The smallest absolute Gasteiger partial charge is 0.0220 e. The summed E-state index contributed by atoms with van der Waals surface area (Å²) in [6.07, 6.45) is 7.58. The van der Waals surface area contributed by atoms with E-state index in [4.69, 9.17) is 5.73 Å². The Morgan fingerprint density at radius 2 is 2.07 bits per heavy atom. The zero-order valence-electron chi connectivity index (χ0n) is 10.3. The predicted octanol–water partition coefficient (Wildman–Crippen LogP) is 3.50. The predicted molar refractivity (Wildman–Crippen MR) is 65.6 cm³/mol. The lowest BCUT2D eigenvalue weighted by Crippen LogP contribution is -2.28. The molecule has 0 spiro atoms. The van der Waals surface area contributed by atoms with Gasteiger partial charge in [0, 0.05) is 5.54 Å². The van der Waals surface area contributed by atoms with Crippen molar-refractivity contribution in [2.75, 3.05) is 0 Å². The Morgan fingerprint density at radius 1 is 1.33 bits per heavy atom. The second kappa shape index (κ2) is 3.93. The number of rotatable bonds is 1. The molecule has 1 nitrogen and oxygen atoms in total. The fourth-order valence-electron chi connectivity index (χ4n) is 3.75. The van der Waals surface area contributed by atoms with Crippen LogP contribution in [0.3, 0.4) is 0 Å². The molecule has 15 heavy (non-hydrogen) atoms. The molecule has 0 aromatic heterocycles. The monoisotopic (exact) mass is 207 g/mol. The Hall–Kier alpha value is -0.300. The maximum atomic E-state index is 6.55. The zero-order chi connectivity index (χ0) is 11.1. The Bertz CT molecular complexity index is 256. The Morgan fingerprint density at radius 3 is 2.73 bits per heavy atom. The maximum Gasteiger partial charge on any atom is 0.0220 e. The standard InChI is InChI=1S/C14H25N/c1-10(2)13-12-8-7-11(3)6-4-5-9-14(12,13)15/h10,12-13H,3-9,15H2,1-2H3. The first kappa shape index (κ1) is 11.2. The van der Waals surface area contributed by atoms with Crippen molar-refractivity contribution in [1.82, 2.24) is 0 Å². The summed E-state index contributed by atoms with van der Waals surface area (Å²) in [5.74, 6) is 2.32. The van der Waals surface area contributed by atoms with Gasteiger partial charge in [-0.1, -0.05) is 32.4 Å². The van der Waals surface area contributed by atoms with Gasteiger partial charge < -0.3 is 5.73 Å². The minimum atomic E-state index is 0.193. The SMILES string of the molecule is C=C1CCCCC2(N)C(CC1)C2C(C)C. The van der Waals surface area contributed by atoms with Crippen LogP contribution in [0.25, 0.3) is 0 Å². The van der Waals surface area contributed by atoms with Gasteiger partial charge in [-0.05, 0) is 49.9 Å². The summed E-state index contributed by atoms with van der Waals surface area (Å²) in [5, 5.41) is 0. The van der Waals surface area contributed by atoms with Crippen molar-refractivity contribution >= 4 is 0 Å². The summed E-state index contributed by atoms with van der Waals surface area (Å²) >= 11 is 0. The summed E-state index contributed by atoms with van der Waals surface area (Å²) < 4.78 is 0. The average Bonchev–Trinajstić information content (AvgIpc) is 2.74. The molecule has 3 unspecified atom stereocenters. The third-order valence-corrected chi connectivity index (χ3v) is 4.55. The number of nitrogens with two attached hydrogens (primary N) is 1. The number of fused-ring (bicyclic) bond motifs is 1. The second-order valence-electron chi connectivity index (χ2n) is 5.98. The molecule has 3 atom stereocenters. The molecular weight excluding hydrogens is 182 g/mol. The van der Waals surface area contributed by atoms with Crippen LogP contribution in [0.5, 0.6) is 0 Å². The van der Waals surface area contributed by atoms with E-state index in [0.717, 1.165) is 17.8 Å². The van der Waals surface area contributed by atoms with E-state index < -0.39 is 0 Å². The molecule has 2 rings (SSSR count). The van der Waals surface area contributed by atoms with E-state index in [-0.39, 0.29) is 5.54 Å². The highest BCUT2D eigenvalue weighted by Crippen LogP contribution is 2.58. The molecule has 2 N–H and O–H groups in total. The van der Waals surface area contributed by atoms with Gasteiger partial charge in [-0.2, -0.15) is 0 Å². The first-order valence-corrected chi connectivity index (χ1v) is 6.51. The van der Waals surface area contributed by atoms with Crippen LogP contribution >= 0.6 is 0 Å². The molecule has 0 saturated heterocycles. The summed E-state index contributed by atoms with van der Waals surface area (Å²) in [5.41, 5.74) is 8.20. The zero-order valence-corrected chi connectivity index (χ0v) is 10.3. The van der Waals surface area contributed by atoms with Crippen molar-refractivity contribution in [2.24, 2.45) is 23.5 Å². The van der Waals surface area contributed by atoms with Crippen LogP contribution in [0.1, 0.15) is 52.4 Å². The summed E-state index contributed by atoms with van der Waals surface area (Å²) in [7, 11) is 0. The van der Waals surface area contributed by atoms with Gasteiger partial charge in [-0.25, -0.2) is 0 Å². The molecule has 2 saturated carbocycles. The summed E-state index contributed by atoms with van der Waals surface area (Å²) in [4.78, 5) is 0. The van der Waals surface area contributed by atoms with Gasteiger partial charge in [0.2, 0.25) is 0 Å². The summed E-state index contributed by atoms with van der Waals surface area (Å²) in [6, 6.07) is 0. The number of allylic oxidation sites excluding steroid dienone is 1. The molecule has 0 radical (unpaired) electrons. The number of hydrogen-bond donors (Lipinski definition) is 1. The second-order valence-corrected chi connectivity index (χ2v) is 5.98. The molecule has 0 aliphatic heterocycles. The molecule has 0 heterocycles. The molecule has 2 aliphatic carbocycles. The van der Waals surface area contributed by atoms with Crippen molar-refractivity contribution in [3.63, 3.8) is 0 Å². The van der Waals surface area contributed by atoms with E-state index in [2.05, 4.69) is 20.4 Å². The normalized spacial score (nSPS) is 41.7. The van der Waals surface area contributed by atoms with E-state index in [9.17, 15) is 0 Å². The van der Waals surface area contributed by atoms with Crippen LogP contribution in [0.4, 0.5) is 0 Å². The fraction of sp³-hybridized carbons (Fsp3) is 0.857. The quantitative estimate of drug-likeness (QED) is 0.654. The van der Waals surface area contributed by atoms with Crippen molar-refractivity contribution in [2.45, 2.75) is 57.9 Å². The lowest BCUT2D eigenvalue weighted by molar-refractivity contribution is 0.443. The van der Waals surface area contributed by atoms with E-state index in [1.54, 1.807) is 0 Å². The van der Waals surface area contributed by atoms with Crippen LogP contribution in [-0.2, 0) is 0 Å². The molecule has 86 valence electrons. The summed E-state index contributed by atoms with van der Waals surface area (Å²) in [6.45, 7) is 8.81. The van der Waals surface area contributed by atoms with E-state index >= 15 is 0 Å². The van der Waals surface area contributed by atoms with Crippen molar-refractivity contribution < 1.29 is 0 Å². The van der Waals surface area contributed by atoms with Gasteiger partial charge in [-0.3, -0.25) is 0 Å². The minimum absolute atomic E-state index is 0.193. The lowest BCUT2D eigenvalue weighted by Gasteiger charge is -2.13. The molecule has 0 aromatic rings. The van der Waals surface area contributed by atoms with Gasteiger partial charge in [-0.15, -0.1) is 0 Å². The van der Waals surface area contributed by atoms with E-state index in [0.29, 0.717) is 0 Å². The maximum absolute atomic E-state index is 6.55. The lowest BCUT2D eigenvalue weighted by atomic mass is 9.98. The Kier molecular flexibility index (Phi) is 2.94. The highest BCUT2D eigenvalue weighted by Gasteiger charge is 2.61. The third kappa shape index (κ3) is 1.99. The molecule has 0 amide bonds. The molecule has 0 bridgehead atoms. The van der Waals surface area contributed by atoms with Crippen molar-refractivity contribution in [3.8, 4) is 0 Å². The van der Waals surface area contributed by atoms with Crippen LogP contribution in [0.2, 0.25) is 0 Å². The molecule has 1 heteroatoms. The topological polar surface area (TPSA) is 26.0 Å². The third-order valence-electron chi connectivity index (χ3n) is 4.55. The van der Waals surface area contributed by atoms with Crippen LogP contribution < -0.4 is 5.73 Å². The van der Waals surface area contributed by atoms with Crippen LogP contribution in [0.15, 0.2) is 12.2 Å². The molecular formula is C14H25N. The Labute approximate surface area is 94.1 Å². The fourth-order valence-corrected chi connectivity index (χ4v) is 3.75. The van der Waals surface area contributed by atoms with Gasteiger partial charge in [0.25, 0.3) is 0 Å². The van der Waals surface area contributed by atoms with Crippen LogP contribution in [0, 0.1) is 17.8 Å². The molecule has 0 aromatic carbocycles. The highest BCUT2D eigenvalue weighted by molar-refractivity contribution is 5.17. The van der Waals surface area contributed by atoms with E-state index in [1.165, 1.54) is 44.1 Å². The van der Waals surface area contributed by atoms with Gasteiger partial charge in [0.05, 0.1) is 0 Å². The largest absolute Gasteiger partial charge is 0.325 e.